The predicted octanol–water partition coefficient (Wildman–Crippen LogP) is 8.86. The van der Waals surface area contributed by atoms with Gasteiger partial charge in [-0.1, -0.05) is 65.2 Å². The van der Waals surface area contributed by atoms with Crippen molar-refractivity contribution in [3.05, 3.63) is 140 Å². The second-order valence-corrected chi connectivity index (χ2v) is 13.8. The third kappa shape index (κ3) is 8.32. The molecule has 0 saturated carbocycles. The average Bonchev–Trinajstić information content (AvgIpc) is 3.51. The number of cyclic esters (lactones) is 1. The molecule has 4 unspecified atom stereocenters. The van der Waals surface area contributed by atoms with E-state index >= 15 is 0 Å². The molecular formula is C40H29Cl2N3O7S. The minimum absolute atomic E-state index is 0.0256. The summed E-state index contributed by atoms with van der Waals surface area (Å²) in [5.41, 5.74) is 0.567. The van der Waals surface area contributed by atoms with Crippen LogP contribution in [0.5, 0.6) is 11.5 Å². The molecule has 0 spiro atoms. The van der Waals surface area contributed by atoms with Gasteiger partial charge in [-0.15, -0.1) is 0 Å². The van der Waals surface area contributed by atoms with E-state index in [4.69, 9.17) is 72.8 Å². The Kier molecular flexibility index (Phi) is 11.5. The maximum Gasteiger partial charge on any atom is 0.322 e. The minimum Gasteiger partial charge on any atom is -0.489 e. The lowest BCUT2D eigenvalue weighted by molar-refractivity contribution is -0.153. The third-order valence-corrected chi connectivity index (χ3v) is 9.50. The third-order valence-electron chi connectivity index (χ3n) is 8.57. The topological polar surface area (TPSA) is 121 Å². The van der Waals surface area contributed by atoms with Crippen LogP contribution in [0.2, 0.25) is 10.0 Å². The summed E-state index contributed by atoms with van der Waals surface area (Å²) in [6.45, 7) is 19.1. The highest BCUT2D eigenvalue weighted by Crippen LogP contribution is 2.39. The SMILES string of the molecule is [C-]#[N+]c1ccc(C2C(=O)C(C)(COc3ccc(C#N)cc3)OC2=S)cc1Cl.[C-]#[N+]c1ccc(C2C(=O)OC(C)(COc3ccc(C)cc3)C2=O)cc1Cl. The molecule has 2 saturated heterocycles. The first-order valence-corrected chi connectivity index (χ1v) is 17.1. The van der Waals surface area contributed by atoms with E-state index in [2.05, 4.69) is 9.69 Å². The molecule has 266 valence electrons. The highest BCUT2D eigenvalue weighted by Gasteiger charge is 2.54. The fourth-order valence-corrected chi connectivity index (χ4v) is 6.44. The molecular weight excluding hydrogens is 737 g/mol. The molecule has 4 aromatic rings. The molecule has 10 nitrogen and oxygen atoms in total. The van der Waals surface area contributed by atoms with Gasteiger partial charge in [-0.3, -0.25) is 14.4 Å². The summed E-state index contributed by atoms with van der Waals surface area (Å²) in [5, 5.41) is 9.44. The van der Waals surface area contributed by atoms with Crippen molar-refractivity contribution in [3.8, 4) is 17.6 Å². The number of Topliss-reactive ketones (excluding diaryl/α,β-unsaturated/α-hetero) is 2. The zero-order valence-corrected chi connectivity index (χ0v) is 30.8. The van der Waals surface area contributed by atoms with Crippen molar-refractivity contribution in [2.45, 2.75) is 43.8 Å². The van der Waals surface area contributed by atoms with E-state index in [1.165, 1.54) is 19.1 Å². The lowest BCUT2D eigenvalue weighted by atomic mass is 9.89. The van der Waals surface area contributed by atoms with Gasteiger partial charge in [0, 0.05) is 10.0 Å². The molecule has 2 aliphatic heterocycles. The molecule has 2 fully saturated rings. The second kappa shape index (κ2) is 15.9. The van der Waals surface area contributed by atoms with Gasteiger partial charge in [-0.05, 0) is 92.6 Å². The maximum atomic E-state index is 13.0. The van der Waals surface area contributed by atoms with E-state index in [0.717, 1.165) is 5.56 Å². The summed E-state index contributed by atoms with van der Waals surface area (Å²) >= 11 is 17.4. The van der Waals surface area contributed by atoms with Crippen LogP contribution >= 0.6 is 35.4 Å². The predicted molar refractivity (Wildman–Crippen MR) is 201 cm³/mol. The first-order valence-electron chi connectivity index (χ1n) is 15.9. The Hall–Kier alpha value is -5.77. The van der Waals surface area contributed by atoms with E-state index in [1.807, 2.05) is 25.1 Å². The minimum atomic E-state index is -1.38. The van der Waals surface area contributed by atoms with Gasteiger partial charge >= 0.3 is 5.97 Å². The van der Waals surface area contributed by atoms with Crippen LogP contribution in [-0.4, -0.2) is 47.0 Å². The van der Waals surface area contributed by atoms with Gasteiger partial charge < -0.3 is 18.9 Å². The smallest absolute Gasteiger partial charge is 0.322 e. The summed E-state index contributed by atoms with van der Waals surface area (Å²) in [7, 11) is 0. The zero-order chi connectivity index (χ0) is 38.5. The molecule has 0 amide bonds. The van der Waals surface area contributed by atoms with Crippen molar-refractivity contribution in [2.24, 2.45) is 0 Å². The van der Waals surface area contributed by atoms with Gasteiger partial charge in [0.25, 0.3) is 0 Å². The van der Waals surface area contributed by atoms with Gasteiger partial charge in [0.15, 0.2) is 22.2 Å². The Labute approximate surface area is 321 Å². The highest BCUT2D eigenvalue weighted by molar-refractivity contribution is 7.80. The van der Waals surface area contributed by atoms with Gasteiger partial charge in [-0.2, -0.15) is 5.26 Å². The number of hydrogen-bond donors (Lipinski definition) is 0. The number of ketones is 2. The Balaban J connectivity index is 0.000000204. The number of rotatable bonds is 8. The van der Waals surface area contributed by atoms with E-state index < -0.39 is 29.0 Å². The van der Waals surface area contributed by atoms with E-state index in [0.29, 0.717) is 33.9 Å². The van der Waals surface area contributed by atoms with Gasteiger partial charge in [0.1, 0.15) is 36.5 Å². The number of halogens is 2. The van der Waals surface area contributed by atoms with Gasteiger partial charge in [0.05, 0.1) is 24.8 Å². The number of ether oxygens (including phenoxy) is 4. The highest BCUT2D eigenvalue weighted by atomic mass is 35.5. The van der Waals surface area contributed by atoms with Gasteiger partial charge in [-0.25, -0.2) is 9.69 Å². The molecule has 0 N–H and O–H groups in total. The van der Waals surface area contributed by atoms with Gasteiger partial charge in [0.2, 0.25) is 17.0 Å². The Morgan fingerprint density at radius 3 is 1.68 bits per heavy atom. The van der Waals surface area contributed by atoms with Crippen LogP contribution in [0.25, 0.3) is 9.69 Å². The van der Waals surface area contributed by atoms with E-state index in [-0.39, 0.29) is 45.6 Å². The van der Waals surface area contributed by atoms with Crippen LogP contribution in [-0.2, 0) is 23.9 Å². The standard InChI is InChI=1S/C20H13ClN2O3S.C20H16ClNO4/c1-20(11-25-14-6-3-12(10-22)4-7-14)18(24)17(19(27)26-20)13-5-8-16(23-2)15(21)9-13;1-12-4-7-14(8-5-12)25-11-20(2)18(23)17(19(24)26-20)13-6-9-16(22-3)15(21)10-13/h3-9,17H,11H2,1H3;4-10,17H,11H2,1-2H3. The first-order chi connectivity index (χ1) is 25.2. The van der Waals surface area contributed by atoms with Crippen LogP contribution < -0.4 is 9.47 Å². The van der Waals surface area contributed by atoms with Crippen molar-refractivity contribution < 1.29 is 33.3 Å². The van der Waals surface area contributed by atoms with Crippen LogP contribution in [0.1, 0.15) is 47.9 Å². The molecule has 2 heterocycles. The molecule has 4 aromatic carbocycles. The number of carbonyl (C=O) groups excluding carboxylic acids is 3. The average molecular weight is 767 g/mol. The van der Waals surface area contributed by atoms with Crippen molar-refractivity contribution in [2.75, 3.05) is 13.2 Å². The molecule has 0 bridgehead atoms. The van der Waals surface area contributed by atoms with Crippen molar-refractivity contribution in [1.82, 2.24) is 0 Å². The number of nitriles is 1. The number of benzene rings is 4. The fraction of sp³-hybridized carbons (Fsp3) is 0.225. The molecule has 0 aliphatic carbocycles. The Morgan fingerprint density at radius 1 is 0.755 bits per heavy atom. The number of aryl methyl sites for hydroxylation is 1. The largest absolute Gasteiger partial charge is 0.489 e. The normalized spacial score (nSPS) is 21.6. The van der Waals surface area contributed by atoms with Crippen molar-refractivity contribution in [1.29, 1.82) is 5.26 Å². The number of hydrogen-bond acceptors (Lipinski definition) is 9. The summed E-state index contributed by atoms with van der Waals surface area (Å²) in [6.07, 6.45) is 0. The van der Waals surface area contributed by atoms with E-state index in [9.17, 15) is 14.4 Å². The number of esters is 1. The number of thiocarbonyl (C=S) groups is 1. The first kappa shape index (κ1) is 38.5. The maximum absolute atomic E-state index is 13.0. The van der Waals surface area contributed by atoms with Crippen molar-refractivity contribution in [3.63, 3.8) is 0 Å². The molecule has 2 aliphatic rings. The van der Waals surface area contributed by atoms with E-state index in [1.54, 1.807) is 67.6 Å². The summed E-state index contributed by atoms with van der Waals surface area (Å²) < 4.78 is 22.4. The van der Waals surface area contributed by atoms with Crippen LogP contribution in [0.15, 0.2) is 84.9 Å². The fourth-order valence-electron chi connectivity index (χ4n) is 5.55. The van der Waals surface area contributed by atoms with Crippen LogP contribution in [0.4, 0.5) is 11.4 Å². The Morgan fingerprint density at radius 2 is 1.21 bits per heavy atom. The van der Waals surface area contributed by atoms with Crippen LogP contribution in [0.3, 0.4) is 0 Å². The molecule has 0 radical (unpaired) electrons. The summed E-state index contributed by atoms with van der Waals surface area (Å²) in [6, 6.07) is 25.3. The lowest BCUT2D eigenvalue weighted by Crippen LogP contribution is -2.40. The number of nitrogens with zero attached hydrogens (tertiary/aromatic N) is 3. The zero-order valence-electron chi connectivity index (χ0n) is 28.5. The quantitative estimate of drug-likeness (QED) is 0.0750. The van der Waals surface area contributed by atoms with Crippen molar-refractivity contribution >= 4 is 69.4 Å². The molecule has 53 heavy (non-hydrogen) atoms. The monoisotopic (exact) mass is 765 g/mol. The van der Waals surface area contributed by atoms with Crippen LogP contribution in [0, 0.1) is 31.4 Å². The summed E-state index contributed by atoms with van der Waals surface area (Å²) in [4.78, 5) is 44.7. The molecule has 6 rings (SSSR count). The second-order valence-electron chi connectivity index (χ2n) is 12.6. The molecule has 13 heteroatoms. The number of carbonyl (C=O) groups is 3. The molecule has 4 atom stereocenters. The Bertz CT molecular complexity index is 2240. The lowest BCUT2D eigenvalue weighted by Gasteiger charge is -2.22. The summed E-state index contributed by atoms with van der Waals surface area (Å²) in [5.74, 6) is -1.96. The molecule has 0 aromatic heterocycles.